The second-order valence-corrected chi connectivity index (χ2v) is 5.55. The molecule has 0 fully saturated rings. The van der Waals surface area contributed by atoms with Crippen molar-refractivity contribution in [3.05, 3.63) is 69.7 Å². The van der Waals surface area contributed by atoms with Gasteiger partial charge in [0.05, 0.1) is 0 Å². The van der Waals surface area contributed by atoms with Crippen LogP contribution in [-0.2, 0) is 11.4 Å². The van der Waals surface area contributed by atoms with E-state index < -0.39 is 5.97 Å². The highest BCUT2D eigenvalue weighted by molar-refractivity contribution is 9.10. The zero-order valence-electron chi connectivity index (χ0n) is 11.5. The SMILES string of the molecule is Cc1cccc(COc2ccc(Br)cc2C=CC(=O)O)c1. The predicted molar refractivity (Wildman–Crippen MR) is 86.3 cm³/mol. The first-order valence-electron chi connectivity index (χ1n) is 6.43. The van der Waals surface area contributed by atoms with E-state index in [9.17, 15) is 4.79 Å². The topological polar surface area (TPSA) is 46.5 Å². The largest absolute Gasteiger partial charge is 0.488 e. The van der Waals surface area contributed by atoms with Gasteiger partial charge in [-0.1, -0.05) is 45.8 Å². The third-order valence-electron chi connectivity index (χ3n) is 2.85. The van der Waals surface area contributed by atoms with Crippen LogP contribution in [0.5, 0.6) is 5.75 Å². The monoisotopic (exact) mass is 346 g/mol. The predicted octanol–water partition coefficient (Wildman–Crippen LogP) is 4.43. The second-order valence-electron chi connectivity index (χ2n) is 4.63. The van der Waals surface area contributed by atoms with E-state index >= 15 is 0 Å². The van der Waals surface area contributed by atoms with Crippen LogP contribution in [0.2, 0.25) is 0 Å². The lowest BCUT2D eigenvalue weighted by Gasteiger charge is -2.10. The number of carboxylic acid groups (broad SMARTS) is 1. The van der Waals surface area contributed by atoms with Gasteiger partial charge in [0.2, 0.25) is 0 Å². The molecule has 1 N–H and O–H groups in total. The van der Waals surface area contributed by atoms with Crippen LogP contribution >= 0.6 is 15.9 Å². The van der Waals surface area contributed by atoms with Gasteiger partial charge in [-0.25, -0.2) is 4.79 Å². The Morgan fingerprint density at radius 1 is 1.29 bits per heavy atom. The molecule has 2 aromatic rings. The maximum absolute atomic E-state index is 10.6. The van der Waals surface area contributed by atoms with Crippen molar-refractivity contribution in [1.82, 2.24) is 0 Å². The van der Waals surface area contributed by atoms with Crippen molar-refractivity contribution in [2.75, 3.05) is 0 Å². The Bertz CT molecular complexity index is 677. The molecule has 0 aliphatic carbocycles. The van der Waals surface area contributed by atoms with Gasteiger partial charge < -0.3 is 9.84 Å². The molecule has 0 amide bonds. The number of carbonyl (C=O) groups is 1. The van der Waals surface area contributed by atoms with E-state index in [1.54, 1.807) is 0 Å². The van der Waals surface area contributed by atoms with Crippen molar-refractivity contribution >= 4 is 28.0 Å². The fourth-order valence-corrected chi connectivity index (χ4v) is 2.28. The van der Waals surface area contributed by atoms with E-state index in [-0.39, 0.29) is 0 Å². The molecule has 4 heteroatoms. The summed E-state index contributed by atoms with van der Waals surface area (Å²) in [4.78, 5) is 10.6. The van der Waals surface area contributed by atoms with E-state index in [1.165, 1.54) is 11.6 Å². The molecule has 0 aliphatic rings. The van der Waals surface area contributed by atoms with Crippen LogP contribution in [0.4, 0.5) is 0 Å². The second kappa shape index (κ2) is 7.09. The van der Waals surface area contributed by atoms with Crippen LogP contribution in [0.25, 0.3) is 6.08 Å². The summed E-state index contributed by atoms with van der Waals surface area (Å²) in [5, 5.41) is 8.73. The van der Waals surface area contributed by atoms with Crippen LogP contribution in [0.3, 0.4) is 0 Å². The molecule has 2 aromatic carbocycles. The van der Waals surface area contributed by atoms with Gasteiger partial charge in [0.25, 0.3) is 0 Å². The molecule has 0 aromatic heterocycles. The number of benzene rings is 2. The van der Waals surface area contributed by atoms with Gasteiger partial charge in [0, 0.05) is 16.1 Å². The number of ether oxygens (including phenoxy) is 1. The van der Waals surface area contributed by atoms with E-state index in [0.29, 0.717) is 12.4 Å². The maximum Gasteiger partial charge on any atom is 0.328 e. The maximum atomic E-state index is 10.6. The minimum Gasteiger partial charge on any atom is -0.488 e. The summed E-state index contributed by atoms with van der Waals surface area (Å²) < 4.78 is 6.67. The third kappa shape index (κ3) is 4.76. The molecule has 21 heavy (non-hydrogen) atoms. The van der Waals surface area contributed by atoms with Gasteiger partial charge in [0.15, 0.2) is 0 Å². The number of aryl methyl sites for hydroxylation is 1. The van der Waals surface area contributed by atoms with Crippen molar-refractivity contribution in [3.8, 4) is 5.75 Å². The van der Waals surface area contributed by atoms with Crippen LogP contribution in [0, 0.1) is 6.92 Å². The lowest BCUT2D eigenvalue weighted by Crippen LogP contribution is -1.97. The van der Waals surface area contributed by atoms with Gasteiger partial charge in [-0.05, 0) is 36.8 Å². The molecule has 0 bridgehead atoms. The summed E-state index contributed by atoms with van der Waals surface area (Å²) in [6.45, 7) is 2.47. The van der Waals surface area contributed by atoms with Crippen molar-refractivity contribution < 1.29 is 14.6 Å². The average Bonchev–Trinajstić information content (AvgIpc) is 2.44. The van der Waals surface area contributed by atoms with Gasteiger partial charge in [-0.2, -0.15) is 0 Å². The van der Waals surface area contributed by atoms with Crippen molar-refractivity contribution in [2.45, 2.75) is 13.5 Å². The average molecular weight is 347 g/mol. The van der Waals surface area contributed by atoms with Gasteiger partial charge in [-0.15, -0.1) is 0 Å². The number of hydrogen-bond donors (Lipinski definition) is 1. The fourth-order valence-electron chi connectivity index (χ4n) is 1.91. The van der Waals surface area contributed by atoms with Gasteiger partial charge in [0.1, 0.15) is 12.4 Å². The van der Waals surface area contributed by atoms with Crippen LogP contribution in [0.15, 0.2) is 53.0 Å². The van der Waals surface area contributed by atoms with Crippen molar-refractivity contribution in [3.63, 3.8) is 0 Å². The standard InChI is InChI=1S/C17H15BrO3/c1-12-3-2-4-13(9-12)11-21-16-7-6-15(18)10-14(16)5-8-17(19)20/h2-10H,11H2,1H3,(H,19,20). The van der Waals surface area contributed by atoms with Crippen LogP contribution in [0.1, 0.15) is 16.7 Å². The zero-order valence-corrected chi connectivity index (χ0v) is 13.1. The fraction of sp³-hybridized carbons (Fsp3) is 0.118. The Kier molecular flexibility index (Phi) is 5.17. The van der Waals surface area contributed by atoms with E-state index in [0.717, 1.165) is 21.7 Å². The minimum atomic E-state index is -0.986. The van der Waals surface area contributed by atoms with Crippen LogP contribution in [-0.4, -0.2) is 11.1 Å². The summed E-state index contributed by atoms with van der Waals surface area (Å²) in [5.74, 6) is -0.336. The van der Waals surface area contributed by atoms with Crippen molar-refractivity contribution in [2.24, 2.45) is 0 Å². The quantitative estimate of drug-likeness (QED) is 0.814. The number of rotatable bonds is 5. The zero-order chi connectivity index (χ0) is 15.2. The summed E-state index contributed by atoms with van der Waals surface area (Å²) in [7, 11) is 0. The highest BCUT2D eigenvalue weighted by atomic mass is 79.9. The lowest BCUT2D eigenvalue weighted by atomic mass is 10.1. The number of hydrogen-bond acceptors (Lipinski definition) is 2. The van der Waals surface area contributed by atoms with Crippen molar-refractivity contribution in [1.29, 1.82) is 0 Å². The van der Waals surface area contributed by atoms with Gasteiger partial charge in [-0.3, -0.25) is 0 Å². The summed E-state index contributed by atoms with van der Waals surface area (Å²) >= 11 is 3.37. The molecule has 0 saturated carbocycles. The Labute approximate surface area is 132 Å². The number of carboxylic acids is 1. The summed E-state index contributed by atoms with van der Waals surface area (Å²) in [6, 6.07) is 13.6. The van der Waals surface area contributed by atoms with Crippen LogP contribution < -0.4 is 4.74 Å². The molecule has 0 aliphatic heterocycles. The normalized spacial score (nSPS) is 10.8. The molecule has 2 rings (SSSR count). The van der Waals surface area contributed by atoms with Gasteiger partial charge >= 0.3 is 5.97 Å². The Balaban J connectivity index is 2.17. The first-order valence-corrected chi connectivity index (χ1v) is 7.23. The molecule has 0 radical (unpaired) electrons. The van der Waals surface area contributed by atoms with E-state index in [2.05, 4.69) is 22.0 Å². The molecule has 0 atom stereocenters. The molecule has 0 spiro atoms. The highest BCUT2D eigenvalue weighted by Crippen LogP contribution is 2.25. The Hall–Kier alpha value is -2.07. The first kappa shape index (κ1) is 15.3. The number of halogens is 1. The Morgan fingerprint density at radius 3 is 2.81 bits per heavy atom. The Morgan fingerprint density at radius 2 is 2.10 bits per heavy atom. The van der Waals surface area contributed by atoms with E-state index in [4.69, 9.17) is 9.84 Å². The molecule has 0 saturated heterocycles. The third-order valence-corrected chi connectivity index (χ3v) is 3.35. The minimum absolute atomic E-state index is 0.442. The summed E-state index contributed by atoms with van der Waals surface area (Å²) in [6.07, 6.45) is 2.62. The first-order chi connectivity index (χ1) is 10.0. The smallest absolute Gasteiger partial charge is 0.328 e. The molecule has 0 unspecified atom stereocenters. The highest BCUT2D eigenvalue weighted by Gasteiger charge is 2.04. The molecular formula is C17H15BrO3. The number of aliphatic carboxylic acids is 1. The summed E-state index contributed by atoms with van der Waals surface area (Å²) in [5.41, 5.74) is 2.98. The molecule has 108 valence electrons. The molecule has 3 nitrogen and oxygen atoms in total. The van der Waals surface area contributed by atoms with E-state index in [1.807, 2.05) is 43.3 Å². The molecular weight excluding hydrogens is 332 g/mol. The molecule has 0 heterocycles. The lowest BCUT2D eigenvalue weighted by molar-refractivity contribution is -0.131.